The highest BCUT2D eigenvalue weighted by molar-refractivity contribution is 7.90. The lowest BCUT2D eigenvalue weighted by atomic mass is 10.1. The summed E-state index contributed by atoms with van der Waals surface area (Å²) in [4.78, 5) is 0. The van der Waals surface area contributed by atoms with Crippen molar-refractivity contribution < 1.29 is 8.42 Å². The largest absolute Gasteiger partial charge is 0.315 e. The maximum absolute atomic E-state index is 12.1. The zero-order valence-electron chi connectivity index (χ0n) is 9.39. The number of fused-ring (bicyclic) bond motifs is 1. The first-order chi connectivity index (χ1) is 8.17. The molecule has 0 spiro atoms. The minimum atomic E-state index is -3.38. The minimum absolute atomic E-state index is 0.0702. The third-order valence-electron chi connectivity index (χ3n) is 3.33. The van der Waals surface area contributed by atoms with Crippen LogP contribution in [0.3, 0.4) is 0 Å². The number of rotatable bonds is 1. The van der Waals surface area contributed by atoms with E-state index in [-0.39, 0.29) is 6.04 Å². The fourth-order valence-electron chi connectivity index (χ4n) is 2.42. The van der Waals surface area contributed by atoms with E-state index in [9.17, 15) is 8.42 Å². The molecular formula is C11H15N3O2S. The van der Waals surface area contributed by atoms with E-state index in [0.717, 1.165) is 25.1 Å². The van der Waals surface area contributed by atoms with Crippen LogP contribution in [0.15, 0.2) is 24.3 Å². The molecule has 0 amide bonds. The van der Waals surface area contributed by atoms with Gasteiger partial charge in [0.2, 0.25) is 0 Å². The molecule has 0 radical (unpaired) electrons. The van der Waals surface area contributed by atoms with Crippen LogP contribution in [-0.4, -0.2) is 31.9 Å². The summed E-state index contributed by atoms with van der Waals surface area (Å²) < 4.78 is 28.4. The Kier molecular flexibility index (Phi) is 2.57. The van der Waals surface area contributed by atoms with E-state index in [1.54, 1.807) is 10.4 Å². The zero-order valence-corrected chi connectivity index (χ0v) is 10.2. The summed E-state index contributed by atoms with van der Waals surface area (Å²) >= 11 is 0. The van der Waals surface area contributed by atoms with Gasteiger partial charge in [0, 0.05) is 19.1 Å². The van der Waals surface area contributed by atoms with E-state index in [1.807, 2.05) is 18.2 Å². The third-order valence-corrected chi connectivity index (χ3v) is 4.86. The van der Waals surface area contributed by atoms with Crippen LogP contribution in [0.1, 0.15) is 12.0 Å². The lowest BCUT2D eigenvalue weighted by Crippen LogP contribution is -2.46. The second-order valence-corrected chi connectivity index (χ2v) is 6.08. The van der Waals surface area contributed by atoms with E-state index >= 15 is 0 Å². The first kappa shape index (κ1) is 11.0. The summed E-state index contributed by atoms with van der Waals surface area (Å²) in [6, 6.07) is 7.61. The molecule has 5 nitrogen and oxygen atoms in total. The highest BCUT2D eigenvalue weighted by Crippen LogP contribution is 2.28. The van der Waals surface area contributed by atoms with Crippen molar-refractivity contribution in [1.82, 2.24) is 9.62 Å². The molecule has 0 saturated carbocycles. The van der Waals surface area contributed by atoms with E-state index in [1.165, 1.54) is 0 Å². The molecule has 17 heavy (non-hydrogen) atoms. The van der Waals surface area contributed by atoms with Crippen molar-refractivity contribution in [2.45, 2.75) is 19.0 Å². The van der Waals surface area contributed by atoms with Crippen LogP contribution in [0, 0.1) is 0 Å². The van der Waals surface area contributed by atoms with Gasteiger partial charge in [0.1, 0.15) is 0 Å². The number of nitrogens with zero attached hydrogens (tertiary/aromatic N) is 1. The van der Waals surface area contributed by atoms with Gasteiger partial charge < -0.3 is 5.32 Å². The molecule has 92 valence electrons. The highest BCUT2D eigenvalue weighted by Gasteiger charge is 2.35. The Morgan fingerprint density at radius 3 is 2.88 bits per heavy atom. The molecule has 2 N–H and O–H groups in total. The summed E-state index contributed by atoms with van der Waals surface area (Å²) in [5, 5.41) is 3.20. The Morgan fingerprint density at radius 1 is 1.29 bits per heavy atom. The van der Waals surface area contributed by atoms with Gasteiger partial charge in [-0.2, -0.15) is 12.7 Å². The van der Waals surface area contributed by atoms with Gasteiger partial charge in [-0.25, -0.2) is 0 Å². The number of hydrogen-bond acceptors (Lipinski definition) is 3. The van der Waals surface area contributed by atoms with Crippen LogP contribution in [0.4, 0.5) is 5.69 Å². The third kappa shape index (κ3) is 1.92. The van der Waals surface area contributed by atoms with Crippen LogP contribution < -0.4 is 10.0 Å². The molecule has 2 aliphatic heterocycles. The highest BCUT2D eigenvalue weighted by atomic mass is 32.2. The van der Waals surface area contributed by atoms with Crippen LogP contribution in [0.5, 0.6) is 0 Å². The van der Waals surface area contributed by atoms with Gasteiger partial charge >= 0.3 is 10.2 Å². The van der Waals surface area contributed by atoms with Gasteiger partial charge in [-0.15, -0.1) is 0 Å². The molecule has 1 fully saturated rings. The maximum Gasteiger partial charge on any atom is 0.302 e. The molecule has 0 bridgehead atoms. The van der Waals surface area contributed by atoms with Gasteiger partial charge in [-0.05, 0) is 24.6 Å². The first-order valence-electron chi connectivity index (χ1n) is 5.75. The molecular weight excluding hydrogens is 238 g/mol. The van der Waals surface area contributed by atoms with Crippen molar-refractivity contribution in [3.05, 3.63) is 29.8 Å². The smallest absolute Gasteiger partial charge is 0.302 e. The summed E-state index contributed by atoms with van der Waals surface area (Å²) in [5.74, 6) is 0. The lowest BCUT2D eigenvalue weighted by Gasteiger charge is -2.32. The fraction of sp³-hybridized carbons (Fsp3) is 0.455. The van der Waals surface area contributed by atoms with Crippen molar-refractivity contribution in [3.8, 4) is 0 Å². The average Bonchev–Trinajstić information content (AvgIpc) is 2.80. The van der Waals surface area contributed by atoms with Crippen molar-refractivity contribution in [2.24, 2.45) is 0 Å². The second kappa shape index (κ2) is 3.97. The Morgan fingerprint density at radius 2 is 2.12 bits per heavy atom. The van der Waals surface area contributed by atoms with Crippen molar-refractivity contribution >= 4 is 15.9 Å². The number of benzene rings is 1. The molecule has 2 heterocycles. The standard InChI is InChI=1S/C11H15N3O2S/c15-17(16)13-11-4-2-1-3-9(11)8-14(17)10-5-6-12-7-10/h1-4,10,12-13H,5-8H2/t10-/m0/s1. The summed E-state index contributed by atoms with van der Waals surface area (Å²) in [5.41, 5.74) is 1.74. The lowest BCUT2D eigenvalue weighted by molar-refractivity contribution is 0.328. The molecule has 1 aromatic rings. The molecule has 0 aromatic heterocycles. The van der Waals surface area contributed by atoms with Gasteiger partial charge in [-0.1, -0.05) is 18.2 Å². The van der Waals surface area contributed by atoms with Crippen LogP contribution >= 0.6 is 0 Å². The number of anilines is 1. The molecule has 6 heteroatoms. The first-order valence-corrected chi connectivity index (χ1v) is 7.19. The van der Waals surface area contributed by atoms with E-state index in [2.05, 4.69) is 10.0 Å². The number of para-hydroxylation sites is 1. The molecule has 1 atom stereocenters. The van der Waals surface area contributed by atoms with Gasteiger partial charge in [0.15, 0.2) is 0 Å². The Balaban J connectivity index is 1.96. The monoisotopic (exact) mass is 253 g/mol. The van der Waals surface area contributed by atoms with Crippen molar-refractivity contribution in [3.63, 3.8) is 0 Å². The SMILES string of the molecule is O=S1(=O)Nc2ccccc2CN1[C@H]1CCNC1. The average molecular weight is 253 g/mol. The molecule has 1 saturated heterocycles. The predicted molar refractivity (Wildman–Crippen MR) is 65.8 cm³/mol. The molecule has 3 rings (SSSR count). The molecule has 0 aliphatic carbocycles. The van der Waals surface area contributed by atoms with Crippen LogP contribution in [0.25, 0.3) is 0 Å². The van der Waals surface area contributed by atoms with Gasteiger partial charge in [0.25, 0.3) is 0 Å². The van der Waals surface area contributed by atoms with Crippen molar-refractivity contribution in [2.75, 3.05) is 17.8 Å². The molecule has 0 unspecified atom stereocenters. The Labute approximate surface area is 101 Å². The Hall–Kier alpha value is -1.11. The fourth-order valence-corrected chi connectivity index (χ4v) is 3.89. The van der Waals surface area contributed by atoms with Gasteiger partial charge in [0.05, 0.1) is 5.69 Å². The summed E-state index contributed by atoms with van der Waals surface area (Å²) in [6.45, 7) is 2.10. The number of nitrogens with one attached hydrogen (secondary N) is 2. The van der Waals surface area contributed by atoms with E-state index in [4.69, 9.17) is 0 Å². The van der Waals surface area contributed by atoms with E-state index in [0.29, 0.717) is 12.2 Å². The zero-order chi connectivity index (χ0) is 11.9. The van der Waals surface area contributed by atoms with Crippen LogP contribution in [-0.2, 0) is 16.8 Å². The quantitative estimate of drug-likeness (QED) is 0.767. The predicted octanol–water partition coefficient (Wildman–Crippen LogP) is 0.521. The minimum Gasteiger partial charge on any atom is -0.315 e. The van der Waals surface area contributed by atoms with Gasteiger partial charge in [-0.3, -0.25) is 4.72 Å². The topological polar surface area (TPSA) is 61.4 Å². The van der Waals surface area contributed by atoms with Crippen molar-refractivity contribution in [1.29, 1.82) is 0 Å². The Bertz CT molecular complexity index is 523. The summed E-state index contributed by atoms with van der Waals surface area (Å²) in [7, 11) is -3.38. The van der Waals surface area contributed by atoms with Crippen LogP contribution in [0.2, 0.25) is 0 Å². The molecule has 1 aromatic carbocycles. The second-order valence-electron chi connectivity index (χ2n) is 4.46. The van der Waals surface area contributed by atoms with E-state index < -0.39 is 10.2 Å². The maximum atomic E-state index is 12.1. The normalized spacial score (nSPS) is 27.4. The molecule has 2 aliphatic rings. The summed E-state index contributed by atoms with van der Waals surface area (Å²) in [6.07, 6.45) is 0.878. The number of hydrogen-bond donors (Lipinski definition) is 2.